The van der Waals surface area contributed by atoms with Crippen LogP contribution in [0.2, 0.25) is 5.02 Å². The van der Waals surface area contributed by atoms with E-state index in [4.69, 9.17) is 16.3 Å². The lowest BCUT2D eigenvalue weighted by Crippen LogP contribution is -2.41. The van der Waals surface area contributed by atoms with Gasteiger partial charge in [-0.1, -0.05) is 35.9 Å². The molecule has 0 radical (unpaired) electrons. The molecule has 1 atom stereocenters. The molecule has 26 heavy (non-hydrogen) atoms. The average molecular weight is 376 g/mol. The van der Waals surface area contributed by atoms with Crippen LogP contribution in [0.1, 0.15) is 38.8 Å². The van der Waals surface area contributed by atoms with Crippen LogP contribution in [0.5, 0.6) is 0 Å². The van der Waals surface area contributed by atoms with Crippen molar-refractivity contribution in [1.82, 2.24) is 0 Å². The molecule has 0 fully saturated rings. The molecule has 0 heterocycles. The molecule has 0 N–H and O–H groups in total. The van der Waals surface area contributed by atoms with Crippen LogP contribution in [-0.2, 0) is 16.0 Å². The van der Waals surface area contributed by atoms with Crippen molar-refractivity contribution in [3.8, 4) is 0 Å². The van der Waals surface area contributed by atoms with Crippen LogP contribution in [0.15, 0.2) is 53.5 Å². The third-order valence-electron chi connectivity index (χ3n) is 3.67. The summed E-state index contributed by atoms with van der Waals surface area (Å²) in [6.45, 7) is 7.15. The third kappa shape index (κ3) is 5.95. The Kier molecular flexibility index (Phi) is 6.19. The first-order valence-corrected chi connectivity index (χ1v) is 8.74. The molecule has 0 saturated heterocycles. The molecule has 0 bridgehead atoms. The smallest absolute Gasteiger partial charge is 0.334 e. The molecule has 0 saturated carbocycles. The first-order valence-electron chi connectivity index (χ1n) is 8.36. The normalized spacial score (nSPS) is 14.2. The molecule has 2 aromatic carbocycles. The molecule has 0 aliphatic rings. The Hall–Kier alpha value is -2.20. The van der Waals surface area contributed by atoms with E-state index in [0.29, 0.717) is 11.4 Å². The summed E-state index contributed by atoms with van der Waals surface area (Å²) >= 11 is 5.90. The fourth-order valence-electron chi connectivity index (χ4n) is 2.32. The van der Waals surface area contributed by atoms with Crippen molar-refractivity contribution in [2.75, 3.05) is 0 Å². The number of ether oxygens (including phenoxy) is 1. The lowest BCUT2D eigenvalue weighted by atomic mass is 9.93. The highest BCUT2D eigenvalue weighted by molar-refractivity contribution is 6.30. The molecular formula is C21H23ClFNO2. The van der Waals surface area contributed by atoms with Crippen LogP contribution in [0, 0.1) is 5.82 Å². The summed E-state index contributed by atoms with van der Waals surface area (Å²) < 4.78 is 18.7. The van der Waals surface area contributed by atoms with Crippen LogP contribution >= 0.6 is 11.6 Å². The summed E-state index contributed by atoms with van der Waals surface area (Å²) in [5.41, 5.74) is -0.141. The van der Waals surface area contributed by atoms with E-state index in [0.717, 1.165) is 11.1 Å². The minimum absolute atomic E-state index is 0.298. The second-order valence-corrected chi connectivity index (χ2v) is 7.83. The molecule has 0 unspecified atom stereocenters. The number of carbonyl (C=O) groups is 1. The molecule has 3 nitrogen and oxygen atoms in total. The number of carbonyl (C=O) groups excluding carboxylic acids is 1. The number of rotatable bonds is 5. The zero-order chi connectivity index (χ0) is 19.4. The predicted molar refractivity (Wildman–Crippen MR) is 103 cm³/mol. The molecule has 0 amide bonds. The fourth-order valence-corrected chi connectivity index (χ4v) is 2.45. The van der Waals surface area contributed by atoms with Crippen LogP contribution < -0.4 is 0 Å². The van der Waals surface area contributed by atoms with Gasteiger partial charge in [0.05, 0.1) is 0 Å². The molecule has 0 aliphatic carbocycles. The van der Waals surface area contributed by atoms with Gasteiger partial charge in [-0.3, -0.25) is 4.99 Å². The van der Waals surface area contributed by atoms with Gasteiger partial charge < -0.3 is 4.74 Å². The molecule has 2 aromatic rings. The van der Waals surface area contributed by atoms with Gasteiger partial charge in [0.15, 0.2) is 5.54 Å². The highest BCUT2D eigenvalue weighted by Crippen LogP contribution is 2.23. The van der Waals surface area contributed by atoms with Gasteiger partial charge in [0.25, 0.3) is 0 Å². The van der Waals surface area contributed by atoms with E-state index in [9.17, 15) is 9.18 Å². The van der Waals surface area contributed by atoms with Crippen molar-refractivity contribution in [2.24, 2.45) is 4.99 Å². The summed E-state index contributed by atoms with van der Waals surface area (Å²) in [5.74, 6) is -0.753. The van der Waals surface area contributed by atoms with Crippen molar-refractivity contribution >= 4 is 23.8 Å². The Bertz CT molecular complexity index is 779. The number of hydrogen-bond acceptors (Lipinski definition) is 3. The Balaban J connectivity index is 2.31. The van der Waals surface area contributed by atoms with Gasteiger partial charge >= 0.3 is 5.97 Å². The second-order valence-electron chi connectivity index (χ2n) is 7.39. The Labute approximate surface area is 158 Å². The number of nitrogens with zero attached hydrogens (tertiary/aromatic N) is 1. The number of aliphatic imine (C=N–C) groups is 1. The molecule has 0 aliphatic heterocycles. The van der Waals surface area contributed by atoms with E-state index in [1.54, 1.807) is 37.4 Å². The largest absolute Gasteiger partial charge is 0.458 e. The lowest BCUT2D eigenvalue weighted by molar-refractivity contribution is -0.160. The van der Waals surface area contributed by atoms with Crippen LogP contribution in [0.3, 0.4) is 0 Å². The predicted octanol–water partition coefficient (Wildman–Crippen LogP) is 5.24. The summed E-state index contributed by atoms with van der Waals surface area (Å²) in [7, 11) is 0. The van der Waals surface area contributed by atoms with Crippen molar-refractivity contribution in [2.45, 2.75) is 45.3 Å². The van der Waals surface area contributed by atoms with Crippen molar-refractivity contribution in [3.05, 3.63) is 70.5 Å². The van der Waals surface area contributed by atoms with E-state index < -0.39 is 17.1 Å². The number of halogens is 2. The number of esters is 1. The number of benzene rings is 2. The SMILES string of the molecule is CC(C)(C)OC(=O)[C@@](C)(Cc1ccc(F)cc1)N=Cc1ccc(Cl)cc1. The second kappa shape index (κ2) is 8.00. The van der Waals surface area contributed by atoms with Crippen LogP contribution in [0.4, 0.5) is 4.39 Å². The van der Waals surface area contributed by atoms with Gasteiger partial charge in [0, 0.05) is 17.7 Å². The Morgan fingerprint density at radius 2 is 1.65 bits per heavy atom. The van der Waals surface area contributed by atoms with Crippen LogP contribution in [-0.4, -0.2) is 23.3 Å². The highest BCUT2D eigenvalue weighted by Gasteiger charge is 2.36. The fraction of sp³-hybridized carbons (Fsp3) is 0.333. The van der Waals surface area contributed by atoms with E-state index in [1.165, 1.54) is 12.1 Å². The molecule has 0 aromatic heterocycles. The first-order chi connectivity index (χ1) is 12.1. The minimum Gasteiger partial charge on any atom is -0.458 e. The van der Waals surface area contributed by atoms with E-state index >= 15 is 0 Å². The summed E-state index contributed by atoms with van der Waals surface area (Å²) in [6.07, 6.45) is 1.93. The van der Waals surface area contributed by atoms with Crippen molar-refractivity contribution in [3.63, 3.8) is 0 Å². The summed E-state index contributed by atoms with van der Waals surface area (Å²) in [5, 5.41) is 0.628. The maximum absolute atomic E-state index is 13.2. The van der Waals surface area contributed by atoms with Crippen molar-refractivity contribution < 1.29 is 13.9 Å². The van der Waals surface area contributed by atoms with Gasteiger partial charge in [-0.25, -0.2) is 9.18 Å². The molecule has 0 spiro atoms. The van der Waals surface area contributed by atoms with Gasteiger partial charge in [-0.15, -0.1) is 0 Å². The van der Waals surface area contributed by atoms with Crippen LogP contribution in [0.25, 0.3) is 0 Å². The first kappa shape index (κ1) is 20.1. The van der Waals surface area contributed by atoms with Gasteiger partial charge in [0.1, 0.15) is 11.4 Å². The maximum Gasteiger partial charge on any atom is 0.334 e. The summed E-state index contributed by atoms with van der Waals surface area (Å²) in [4.78, 5) is 17.3. The van der Waals surface area contributed by atoms with Gasteiger partial charge in [-0.2, -0.15) is 0 Å². The monoisotopic (exact) mass is 375 g/mol. The molecular weight excluding hydrogens is 353 g/mol. The zero-order valence-electron chi connectivity index (χ0n) is 15.4. The Morgan fingerprint density at radius 3 is 2.19 bits per heavy atom. The quantitative estimate of drug-likeness (QED) is 0.529. The molecule has 2 rings (SSSR count). The van der Waals surface area contributed by atoms with E-state index in [-0.39, 0.29) is 5.82 Å². The van der Waals surface area contributed by atoms with Gasteiger partial charge in [-0.05, 0) is 63.1 Å². The number of hydrogen-bond donors (Lipinski definition) is 0. The van der Waals surface area contributed by atoms with Crippen molar-refractivity contribution in [1.29, 1.82) is 0 Å². The highest BCUT2D eigenvalue weighted by atomic mass is 35.5. The summed E-state index contributed by atoms with van der Waals surface area (Å²) in [6, 6.07) is 13.2. The minimum atomic E-state index is -1.13. The van der Waals surface area contributed by atoms with E-state index in [1.807, 2.05) is 32.9 Å². The third-order valence-corrected chi connectivity index (χ3v) is 3.92. The molecule has 5 heteroatoms. The topological polar surface area (TPSA) is 38.7 Å². The average Bonchev–Trinajstić information content (AvgIpc) is 2.55. The Morgan fingerprint density at radius 1 is 1.08 bits per heavy atom. The standard InChI is InChI=1S/C21H23ClFNO2/c1-20(2,3)26-19(25)21(4,13-15-7-11-18(23)12-8-15)24-14-16-5-9-17(22)10-6-16/h5-12,14H,13H2,1-4H3/t21-/m1/s1. The maximum atomic E-state index is 13.2. The zero-order valence-corrected chi connectivity index (χ0v) is 16.2. The lowest BCUT2D eigenvalue weighted by Gasteiger charge is -2.28. The van der Waals surface area contributed by atoms with Gasteiger partial charge in [0.2, 0.25) is 0 Å². The molecule has 138 valence electrons. The van der Waals surface area contributed by atoms with E-state index in [2.05, 4.69) is 4.99 Å².